The number of hydrogen-bond donors (Lipinski definition) is 4. The molecule has 1 saturated heterocycles. The van der Waals surface area contributed by atoms with Gasteiger partial charge in [0.1, 0.15) is 4.90 Å². The molecule has 5 rings (SSSR count). The van der Waals surface area contributed by atoms with Crippen LogP contribution in [0.1, 0.15) is 0 Å². The van der Waals surface area contributed by atoms with Gasteiger partial charge >= 0.3 is 0 Å². The summed E-state index contributed by atoms with van der Waals surface area (Å²) in [6, 6.07) is 6.31. The van der Waals surface area contributed by atoms with Crippen molar-refractivity contribution in [2.45, 2.75) is 15.0 Å². The van der Waals surface area contributed by atoms with E-state index in [4.69, 9.17) is 5.14 Å². The third kappa shape index (κ3) is 3.20. The van der Waals surface area contributed by atoms with Gasteiger partial charge in [0, 0.05) is 31.0 Å². The highest BCUT2D eigenvalue weighted by Crippen LogP contribution is 2.40. The van der Waals surface area contributed by atoms with Gasteiger partial charge in [0.2, 0.25) is 15.8 Å². The van der Waals surface area contributed by atoms with E-state index in [1.807, 2.05) is 0 Å². The van der Waals surface area contributed by atoms with E-state index in [0.29, 0.717) is 22.2 Å². The number of pyridine rings is 1. The van der Waals surface area contributed by atoms with Crippen molar-refractivity contribution in [1.82, 2.24) is 35.9 Å². The Morgan fingerprint density at radius 2 is 1.90 bits per heavy atom. The van der Waals surface area contributed by atoms with Gasteiger partial charge in [-0.05, 0) is 29.0 Å². The number of nitrogens with one attached hydrogen (secondary N) is 3. The summed E-state index contributed by atoms with van der Waals surface area (Å²) < 4.78 is 51.7. The van der Waals surface area contributed by atoms with Gasteiger partial charge in [-0.1, -0.05) is 6.07 Å². The molecule has 31 heavy (non-hydrogen) atoms. The highest BCUT2D eigenvalue weighted by molar-refractivity contribution is 7.94. The van der Waals surface area contributed by atoms with Gasteiger partial charge in [-0.25, -0.2) is 22.0 Å². The van der Waals surface area contributed by atoms with E-state index in [0.717, 1.165) is 0 Å². The first-order valence-corrected chi connectivity index (χ1v) is 12.2. The Hall–Kier alpha value is -3.20. The number of aromatic nitrogens is 6. The van der Waals surface area contributed by atoms with E-state index in [2.05, 4.69) is 35.9 Å². The summed E-state index contributed by atoms with van der Waals surface area (Å²) in [6.07, 6.45) is 3.27. The Bertz CT molecular complexity index is 1510. The number of benzene rings is 1. The molecule has 4 heterocycles. The van der Waals surface area contributed by atoms with Crippen LogP contribution < -0.4 is 10.5 Å². The molecule has 0 spiro atoms. The van der Waals surface area contributed by atoms with Crippen molar-refractivity contribution in [1.29, 1.82) is 0 Å². The van der Waals surface area contributed by atoms with Crippen LogP contribution in [0.15, 0.2) is 46.5 Å². The van der Waals surface area contributed by atoms with Crippen LogP contribution in [-0.2, 0) is 19.9 Å². The first-order chi connectivity index (χ1) is 14.8. The molecule has 14 heteroatoms. The van der Waals surface area contributed by atoms with Crippen molar-refractivity contribution < 1.29 is 16.8 Å². The van der Waals surface area contributed by atoms with E-state index < -0.39 is 30.0 Å². The van der Waals surface area contributed by atoms with Crippen LogP contribution >= 0.6 is 0 Å². The molecule has 160 valence electrons. The average Bonchev–Trinajstić information content (AvgIpc) is 3.35. The molecule has 0 radical (unpaired) electrons. The maximum absolute atomic E-state index is 13.2. The number of nitrogens with two attached hydrogens (primary N) is 1. The summed E-state index contributed by atoms with van der Waals surface area (Å²) in [6.45, 7) is 0.443. The molecule has 0 amide bonds. The van der Waals surface area contributed by atoms with E-state index in [1.54, 1.807) is 24.5 Å². The number of primary sulfonamides is 1. The fraction of sp³-hybridized carbons (Fsp3) is 0.176. The van der Waals surface area contributed by atoms with Crippen LogP contribution in [0.5, 0.6) is 0 Å². The SMILES string of the molecule is NS(=O)(=O)c1c(S(=O)(=O)C2CNC2)ccc(-c2cnc3cc[nH]c3c2)c1-c1nn[nH]n1. The van der Waals surface area contributed by atoms with E-state index >= 15 is 0 Å². The molecule has 0 aliphatic carbocycles. The minimum Gasteiger partial charge on any atom is -0.360 e. The molecule has 0 saturated carbocycles. The first kappa shape index (κ1) is 19.7. The zero-order chi connectivity index (χ0) is 21.8. The Balaban J connectivity index is 1.86. The third-order valence-corrected chi connectivity index (χ3v) is 8.46. The smallest absolute Gasteiger partial charge is 0.240 e. The van der Waals surface area contributed by atoms with Crippen LogP contribution in [0.3, 0.4) is 0 Å². The molecule has 5 N–H and O–H groups in total. The number of sulfone groups is 1. The predicted octanol–water partition coefficient (Wildman–Crippen LogP) is -0.197. The summed E-state index contributed by atoms with van der Waals surface area (Å²) in [5.74, 6) is -0.102. The molecule has 1 aromatic carbocycles. The minimum atomic E-state index is -4.50. The Kier molecular flexibility index (Phi) is 4.40. The topological polar surface area (TPSA) is 189 Å². The zero-order valence-electron chi connectivity index (χ0n) is 15.8. The van der Waals surface area contributed by atoms with Gasteiger partial charge in [0.05, 0.1) is 26.7 Å². The molecule has 1 fully saturated rings. The quantitative estimate of drug-likeness (QED) is 0.312. The minimum absolute atomic E-state index is 0.0580. The fourth-order valence-corrected chi connectivity index (χ4v) is 6.73. The van der Waals surface area contributed by atoms with Crippen LogP contribution in [0.2, 0.25) is 0 Å². The van der Waals surface area contributed by atoms with Crippen molar-refractivity contribution in [3.05, 3.63) is 36.7 Å². The van der Waals surface area contributed by atoms with Crippen molar-refractivity contribution in [2.75, 3.05) is 13.1 Å². The highest BCUT2D eigenvalue weighted by atomic mass is 32.2. The maximum atomic E-state index is 13.2. The van der Waals surface area contributed by atoms with Crippen LogP contribution in [0.4, 0.5) is 0 Å². The van der Waals surface area contributed by atoms with Crippen LogP contribution in [-0.4, -0.2) is 65.8 Å². The van der Waals surface area contributed by atoms with E-state index in [-0.39, 0.29) is 29.4 Å². The summed E-state index contributed by atoms with van der Waals surface area (Å²) >= 11 is 0. The normalized spacial score (nSPS) is 15.3. The molecular formula is C17H16N8O4S2. The Morgan fingerprint density at radius 3 is 2.55 bits per heavy atom. The molecule has 12 nitrogen and oxygen atoms in total. The fourth-order valence-electron chi connectivity index (χ4n) is 3.54. The van der Waals surface area contributed by atoms with Crippen molar-refractivity contribution in [3.63, 3.8) is 0 Å². The molecule has 4 aromatic rings. The number of sulfonamides is 1. The van der Waals surface area contributed by atoms with Crippen molar-refractivity contribution in [3.8, 4) is 22.5 Å². The summed E-state index contributed by atoms with van der Waals surface area (Å²) in [5, 5.41) is 21.2. The number of H-pyrrole nitrogens is 2. The maximum Gasteiger partial charge on any atom is 0.240 e. The third-order valence-electron chi connectivity index (χ3n) is 5.17. The standard InChI is InChI=1S/C17H16N8O4S2/c18-31(28,29)16-14(30(26,27)10-7-19-8-10)2-1-11(15(16)17-22-24-25-23-17)9-5-13-12(21-6-9)3-4-20-13/h1-6,10,19-20H,7-8H2,(H2,18,28,29)(H,22,23,24,25). The van der Waals surface area contributed by atoms with Crippen molar-refractivity contribution in [2.24, 2.45) is 5.14 Å². The van der Waals surface area contributed by atoms with Gasteiger partial charge in [-0.3, -0.25) is 4.98 Å². The van der Waals surface area contributed by atoms with Gasteiger partial charge in [-0.15, -0.1) is 10.2 Å². The molecule has 0 bridgehead atoms. The summed E-state index contributed by atoms with van der Waals surface area (Å²) in [5.41, 5.74) is 2.24. The van der Waals surface area contributed by atoms with Gasteiger partial charge in [-0.2, -0.15) is 5.21 Å². The van der Waals surface area contributed by atoms with E-state index in [9.17, 15) is 16.8 Å². The zero-order valence-corrected chi connectivity index (χ0v) is 17.4. The van der Waals surface area contributed by atoms with E-state index in [1.165, 1.54) is 12.1 Å². The summed E-state index contributed by atoms with van der Waals surface area (Å²) in [7, 11) is -8.49. The van der Waals surface area contributed by atoms with Gasteiger partial charge < -0.3 is 10.3 Å². The molecule has 0 unspecified atom stereocenters. The Morgan fingerprint density at radius 1 is 1.10 bits per heavy atom. The number of tetrazole rings is 1. The van der Waals surface area contributed by atoms with Gasteiger partial charge in [0.15, 0.2) is 9.84 Å². The first-order valence-electron chi connectivity index (χ1n) is 9.08. The van der Waals surface area contributed by atoms with Crippen LogP contribution in [0, 0.1) is 0 Å². The molecule has 1 aliphatic rings. The molecule has 1 aliphatic heterocycles. The average molecular weight is 461 g/mol. The molecule has 3 aromatic heterocycles. The largest absolute Gasteiger partial charge is 0.360 e. The number of aromatic amines is 2. The molecular weight excluding hydrogens is 444 g/mol. The van der Waals surface area contributed by atoms with Crippen LogP contribution in [0.25, 0.3) is 33.5 Å². The highest BCUT2D eigenvalue weighted by Gasteiger charge is 2.38. The van der Waals surface area contributed by atoms with Gasteiger partial charge in [0.25, 0.3) is 0 Å². The number of rotatable bonds is 5. The number of nitrogens with zero attached hydrogens (tertiary/aromatic N) is 4. The monoisotopic (exact) mass is 460 g/mol. The van der Waals surface area contributed by atoms with Crippen molar-refractivity contribution >= 4 is 30.9 Å². The lowest BCUT2D eigenvalue weighted by Crippen LogP contribution is -2.51. The summed E-state index contributed by atoms with van der Waals surface area (Å²) in [4.78, 5) is 6.43. The lowest BCUT2D eigenvalue weighted by molar-refractivity contribution is 0.493. The second kappa shape index (κ2) is 6.91. The molecule has 0 atom stereocenters. The lowest BCUT2D eigenvalue weighted by Gasteiger charge is -2.28. The predicted molar refractivity (Wildman–Crippen MR) is 110 cm³/mol. The second-order valence-electron chi connectivity index (χ2n) is 7.06. The Labute approximate surface area is 176 Å². The number of fused-ring (bicyclic) bond motifs is 1. The second-order valence-corrected chi connectivity index (χ2v) is 10.8. The lowest BCUT2D eigenvalue weighted by atomic mass is 10.00. The number of hydrogen-bond acceptors (Lipinski definition) is 9.